The molecule has 7 atom stereocenters. The van der Waals surface area contributed by atoms with E-state index in [0.717, 1.165) is 51.4 Å². The second-order valence-electron chi connectivity index (χ2n) is 10.6. The predicted molar refractivity (Wildman–Crippen MR) is 121 cm³/mol. The van der Waals surface area contributed by atoms with Gasteiger partial charge < -0.3 is 14.5 Å². The molecule has 1 N–H and O–H groups in total. The first-order valence-electron chi connectivity index (χ1n) is 12.2. The van der Waals surface area contributed by atoms with Crippen molar-refractivity contribution in [3.8, 4) is 0 Å². The number of piperazine rings is 1. The summed E-state index contributed by atoms with van der Waals surface area (Å²) in [7, 11) is -1.67. The van der Waals surface area contributed by atoms with Gasteiger partial charge in [-0.3, -0.25) is 9.59 Å². The lowest BCUT2D eigenvalue weighted by atomic mass is 9.68. The summed E-state index contributed by atoms with van der Waals surface area (Å²) >= 11 is 0. The van der Waals surface area contributed by atoms with Crippen molar-refractivity contribution in [1.82, 2.24) is 14.5 Å². The van der Waals surface area contributed by atoms with Crippen LogP contribution < -0.4 is 4.72 Å². The summed E-state index contributed by atoms with van der Waals surface area (Å²) in [5.74, 6) is 1.37. The first-order chi connectivity index (χ1) is 15.1. The van der Waals surface area contributed by atoms with E-state index in [1.54, 1.807) is 14.0 Å². The van der Waals surface area contributed by atoms with Crippen LogP contribution in [0.15, 0.2) is 0 Å². The van der Waals surface area contributed by atoms with Gasteiger partial charge in [0.15, 0.2) is 0 Å². The number of nitrogens with zero attached hydrogens (tertiary/aromatic N) is 2. The molecule has 2 amide bonds. The summed E-state index contributed by atoms with van der Waals surface area (Å²) in [5, 5.41) is 0. The topological polar surface area (TPSA) is 96.0 Å². The number of nitrogens with one attached hydrogen (secondary N) is 1. The molecular weight excluding hydrogens is 430 g/mol. The molecule has 4 fully saturated rings. The van der Waals surface area contributed by atoms with Crippen LogP contribution in [0, 0.1) is 17.8 Å². The van der Waals surface area contributed by atoms with Crippen molar-refractivity contribution in [1.29, 1.82) is 0 Å². The lowest BCUT2D eigenvalue weighted by Crippen LogP contribution is -2.67. The third kappa shape index (κ3) is 4.99. The normalized spacial score (nSPS) is 38.3. The van der Waals surface area contributed by atoms with E-state index < -0.39 is 10.0 Å². The van der Waals surface area contributed by atoms with Crippen molar-refractivity contribution in [3.63, 3.8) is 0 Å². The summed E-state index contributed by atoms with van der Waals surface area (Å²) in [6.07, 6.45) is 8.49. The Balaban J connectivity index is 1.51. The Hall–Kier alpha value is -1.19. The number of ether oxygens (including phenoxy) is 1. The van der Waals surface area contributed by atoms with Gasteiger partial charge in [0.25, 0.3) is 0 Å². The zero-order valence-electron chi connectivity index (χ0n) is 19.8. The Morgan fingerprint density at radius 2 is 1.62 bits per heavy atom. The summed E-state index contributed by atoms with van der Waals surface area (Å²) in [4.78, 5) is 29.7. The van der Waals surface area contributed by atoms with E-state index in [4.69, 9.17) is 4.74 Å². The van der Waals surface area contributed by atoms with Crippen LogP contribution in [-0.4, -0.2) is 80.2 Å². The van der Waals surface area contributed by atoms with Crippen molar-refractivity contribution in [2.75, 3.05) is 19.9 Å². The molecule has 0 radical (unpaired) electrons. The molecule has 4 rings (SSSR count). The highest BCUT2D eigenvalue weighted by Gasteiger charge is 2.50. The summed E-state index contributed by atoms with van der Waals surface area (Å²) in [6, 6.07) is 0.00289. The molecule has 9 heteroatoms. The number of amides is 2. The van der Waals surface area contributed by atoms with Crippen LogP contribution in [0.5, 0.6) is 0 Å². The highest BCUT2D eigenvalue weighted by molar-refractivity contribution is 7.88. The van der Waals surface area contributed by atoms with Gasteiger partial charge in [-0.25, -0.2) is 13.1 Å². The molecule has 3 saturated carbocycles. The maximum absolute atomic E-state index is 13.1. The van der Waals surface area contributed by atoms with E-state index in [1.165, 1.54) is 6.26 Å². The molecule has 6 unspecified atom stereocenters. The van der Waals surface area contributed by atoms with E-state index in [2.05, 4.69) is 16.5 Å². The van der Waals surface area contributed by atoms with Crippen LogP contribution >= 0.6 is 0 Å². The molecule has 8 nitrogen and oxygen atoms in total. The number of rotatable bonds is 5. The van der Waals surface area contributed by atoms with Gasteiger partial charge >= 0.3 is 0 Å². The molecule has 1 saturated heterocycles. The molecular formula is C23H39N3O5S. The third-order valence-corrected chi connectivity index (χ3v) is 8.98. The fraction of sp³-hybridized carbons (Fsp3) is 0.913. The molecule has 4 aliphatic rings. The van der Waals surface area contributed by atoms with Crippen molar-refractivity contribution in [3.05, 3.63) is 0 Å². The number of carbonyl (C=O) groups excluding carboxylic acids is 2. The second kappa shape index (κ2) is 9.22. The molecule has 0 bridgehead atoms. The SMILES string of the molecule is COC1CCC(C2CCC3C(C2)N(C(=O)C2CC2)C[C@H](C)N3C(C)=O)CC1NS(C)(=O)=O. The first-order valence-corrected chi connectivity index (χ1v) is 14.1. The molecule has 0 spiro atoms. The maximum atomic E-state index is 13.1. The molecule has 32 heavy (non-hydrogen) atoms. The molecule has 182 valence electrons. The van der Waals surface area contributed by atoms with Crippen molar-refractivity contribution >= 4 is 21.8 Å². The first kappa shape index (κ1) is 24.0. The molecule has 3 aliphatic carbocycles. The molecule has 1 aliphatic heterocycles. The Bertz CT molecular complexity index is 829. The minimum Gasteiger partial charge on any atom is -0.380 e. The zero-order chi connectivity index (χ0) is 23.2. The summed E-state index contributed by atoms with van der Waals surface area (Å²) < 4.78 is 32.2. The Kier molecular flexibility index (Phi) is 6.90. The minimum atomic E-state index is -3.31. The van der Waals surface area contributed by atoms with E-state index in [0.29, 0.717) is 18.4 Å². The second-order valence-corrected chi connectivity index (χ2v) is 12.4. The van der Waals surface area contributed by atoms with Crippen LogP contribution in [0.1, 0.15) is 65.2 Å². The van der Waals surface area contributed by atoms with Gasteiger partial charge in [0.2, 0.25) is 21.8 Å². The number of methoxy groups -OCH3 is 1. The van der Waals surface area contributed by atoms with Crippen molar-refractivity contribution in [2.24, 2.45) is 17.8 Å². The van der Waals surface area contributed by atoms with Gasteiger partial charge in [-0.1, -0.05) is 0 Å². The quantitative estimate of drug-likeness (QED) is 0.662. The summed E-state index contributed by atoms with van der Waals surface area (Å²) in [5.41, 5.74) is 0. The van der Waals surface area contributed by atoms with Crippen LogP contribution in [0.4, 0.5) is 0 Å². The van der Waals surface area contributed by atoms with E-state index in [-0.39, 0.29) is 48.0 Å². The van der Waals surface area contributed by atoms with Crippen molar-refractivity contribution in [2.45, 2.75) is 95.5 Å². The molecule has 1 heterocycles. The fourth-order valence-electron chi connectivity index (χ4n) is 6.73. The monoisotopic (exact) mass is 469 g/mol. The highest BCUT2D eigenvalue weighted by Crippen LogP contribution is 2.44. The van der Waals surface area contributed by atoms with Gasteiger partial charge in [-0.05, 0) is 70.1 Å². The van der Waals surface area contributed by atoms with Crippen LogP contribution in [0.2, 0.25) is 0 Å². The third-order valence-electron chi connectivity index (χ3n) is 8.25. The standard InChI is InChI=1S/C23H39N3O5S/c1-14-13-25(23(28)16-5-6-16)21-12-18(7-9-20(21)26(14)15(2)27)17-8-10-22(31-3)19(11-17)24-32(4,29)30/h14,16-22,24H,5-13H2,1-4H3/t14-,17?,18?,19?,20?,21?,22?/m0/s1. The zero-order valence-corrected chi connectivity index (χ0v) is 20.6. The maximum Gasteiger partial charge on any atom is 0.226 e. The van der Waals surface area contributed by atoms with E-state index >= 15 is 0 Å². The van der Waals surface area contributed by atoms with E-state index in [9.17, 15) is 18.0 Å². The smallest absolute Gasteiger partial charge is 0.226 e. The number of carbonyl (C=O) groups is 2. The van der Waals surface area contributed by atoms with Crippen LogP contribution in [0.25, 0.3) is 0 Å². The lowest BCUT2D eigenvalue weighted by molar-refractivity contribution is -0.155. The van der Waals surface area contributed by atoms with Crippen LogP contribution in [0.3, 0.4) is 0 Å². The Morgan fingerprint density at radius 3 is 2.22 bits per heavy atom. The number of fused-ring (bicyclic) bond motifs is 1. The molecule has 0 aromatic rings. The van der Waals surface area contributed by atoms with Gasteiger partial charge in [0, 0.05) is 38.6 Å². The largest absolute Gasteiger partial charge is 0.380 e. The predicted octanol–water partition coefficient (Wildman–Crippen LogP) is 1.75. The highest BCUT2D eigenvalue weighted by atomic mass is 32.2. The van der Waals surface area contributed by atoms with Gasteiger partial charge in [-0.15, -0.1) is 0 Å². The van der Waals surface area contributed by atoms with Crippen LogP contribution in [-0.2, 0) is 24.3 Å². The lowest BCUT2D eigenvalue weighted by Gasteiger charge is -2.55. The van der Waals surface area contributed by atoms with Gasteiger partial charge in [-0.2, -0.15) is 0 Å². The fourth-order valence-corrected chi connectivity index (χ4v) is 7.53. The number of hydrogen-bond donors (Lipinski definition) is 1. The molecule has 0 aromatic carbocycles. The minimum absolute atomic E-state index is 0.0495. The van der Waals surface area contributed by atoms with E-state index in [1.807, 2.05) is 4.90 Å². The van der Waals surface area contributed by atoms with Gasteiger partial charge in [0.1, 0.15) is 0 Å². The Morgan fingerprint density at radius 1 is 0.969 bits per heavy atom. The average Bonchev–Trinajstić information content (AvgIpc) is 3.56. The Labute approximate surface area is 192 Å². The summed E-state index contributed by atoms with van der Waals surface area (Å²) in [6.45, 7) is 4.33. The van der Waals surface area contributed by atoms with Crippen molar-refractivity contribution < 1.29 is 22.7 Å². The van der Waals surface area contributed by atoms with Gasteiger partial charge in [0.05, 0.1) is 24.4 Å². The molecule has 0 aromatic heterocycles. The number of sulfonamides is 1. The number of hydrogen-bond acceptors (Lipinski definition) is 5. The average molecular weight is 470 g/mol.